The molecule has 2 heteroatoms. The first-order valence-electron chi connectivity index (χ1n) is 7.35. The Kier molecular flexibility index (Phi) is 6.12. The highest BCUT2D eigenvalue weighted by Crippen LogP contribution is 2.13. The van der Waals surface area contributed by atoms with Crippen molar-refractivity contribution in [3.63, 3.8) is 0 Å². The number of benzene rings is 2. The van der Waals surface area contributed by atoms with Crippen LogP contribution in [0.4, 0.5) is 0 Å². The normalized spacial score (nSPS) is 10.4. The third kappa shape index (κ3) is 5.06. The molecule has 0 fully saturated rings. The van der Waals surface area contributed by atoms with Crippen LogP contribution in [0, 0.1) is 0 Å². The monoisotopic (exact) mass is 269 g/mol. The van der Waals surface area contributed by atoms with E-state index in [1.807, 2.05) is 0 Å². The Bertz CT molecular complexity index is 479. The van der Waals surface area contributed by atoms with Crippen molar-refractivity contribution in [2.45, 2.75) is 26.3 Å². The molecule has 2 rings (SSSR count). The zero-order valence-corrected chi connectivity index (χ0v) is 12.1. The highest BCUT2D eigenvalue weighted by Gasteiger charge is 1.96. The molecule has 0 radical (unpaired) electrons. The van der Waals surface area contributed by atoms with Gasteiger partial charge in [0.05, 0.1) is 6.61 Å². The highest BCUT2D eigenvalue weighted by molar-refractivity contribution is 5.27. The molecule has 0 spiro atoms. The van der Waals surface area contributed by atoms with Gasteiger partial charge in [-0.3, -0.25) is 0 Å². The van der Waals surface area contributed by atoms with Crippen molar-refractivity contribution in [2.24, 2.45) is 0 Å². The van der Waals surface area contributed by atoms with Crippen molar-refractivity contribution in [1.29, 1.82) is 0 Å². The van der Waals surface area contributed by atoms with Gasteiger partial charge >= 0.3 is 0 Å². The summed E-state index contributed by atoms with van der Waals surface area (Å²) in [7, 11) is 0. The van der Waals surface area contributed by atoms with E-state index in [0.29, 0.717) is 0 Å². The lowest BCUT2D eigenvalue weighted by molar-refractivity contribution is 0.311. The fraction of sp³-hybridized carbons (Fsp3) is 0.333. The minimum Gasteiger partial charge on any atom is -0.494 e. The van der Waals surface area contributed by atoms with Gasteiger partial charge < -0.3 is 10.1 Å². The lowest BCUT2D eigenvalue weighted by Crippen LogP contribution is -2.11. The van der Waals surface area contributed by atoms with Crippen molar-refractivity contribution in [2.75, 3.05) is 13.2 Å². The molecule has 0 heterocycles. The Morgan fingerprint density at radius 2 is 1.65 bits per heavy atom. The molecule has 106 valence electrons. The summed E-state index contributed by atoms with van der Waals surface area (Å²) in [6, 6.07) is 18.9. The molecule has 2 aromatic rings. The van der Waals surface area contributed by atoms with Gasteiger partial charge in [0.2, 0.25) is 0 Å². The summed E-state index contributed by atoms with van der Waals surface area (Å²) in [4.78, 5) is 0. The van der Waals surface area contributed by atoms with Crippen molar-refractivity contribution in [3.8, 4) is 5.75 Å². The Morgan fingerprint density at radius 3 is 2.35 bits per heavy atom. The second-order valence-corrected chi connectivity index (χ2v) is 4.86. The zero-order chi connectivity index (χ0) is 14.0. The first-order chi connectivity index (χ1) is 9.88. The quantitative estimate of drug-likeness (QED) is 0.736. The fourth-order valence-electron chi connectivity index (χ4n) is 2.08. The van der Waals surface area contributed by atoms with E-state index >= 15 is 0 Å². The molecule has 0 saturated heterocycles. The predicted molar refractivity (Wildman–Crippen MR) is 84.1 cm³/mol. The van der Waals surface area contributed by atoms with Gasteiger partial charge in [-0.15, -0.1) is 0 Å². The van der Waals surface area contributed by atoms with E-state index in [4.69, 9.17) is 4.74 Å². The van der Waals surface area contributed by atoms with Gasteiger partial charge in [-0.05, 0) is 42.6 Å². The highest BCUT2D eigenvalue weighted by atomic mass is 16.5. The van der Waals surface area contributed by atoms with E-state index in [1.54, 1.807) is 0 Å². The van der Waals surface area contributed by atoms with Crippen LogP contribution in [0.2, 0.25) is 0 Å². The zero-order valence-electron chi connectivity index (χ0n) is 12.1. The van der Waals surface area contributed by atoms with Crippen LogP contribution in [-0.4, -0.2) is 13.2 Å². The summed E-state index contributed by atoms with van der Waals surface area (Å²) >= 11 is 0. The molecular weight excluding hydrogens is 246 g/mol. The van der Waals surface area contributed by atoms with E-state index in [0.717, 1.165) is 38.3 Å². The summed E-state index contributed by atoms with van der Waals surface area (Å²) in [5.41, 5.74) is 2.67. The van der Waals surface area contributed by atoms with Gasteiger partial charge in [0.25, 0.3) is 0 Å². The maximum atomic E-state index is 5.77. The van der Waals surface area contributed by atoms with Crippen molar-refractivity contribution >= 4 is 0 Å². The van der Waals surface area contributed by atoms with Gasteiger partial charge in [-0.2, -0.15) is 0 Å². The van der Waals surface area contributed by atoms with Crippen LogP contribution in [0.5, 0.6) is 5.75 Å². The molecule has 20 heavy (non-hydrogen) atoms. The Hall–Kier alpha value is -1.80. The Morgan fingerprint density at radius 1 is 0.900 bits per heavy atom. The summed E-state index contributed by atoms with van der Waals surface area (Å²) in [5.74, 6) is 0.957. The molecule has 2 aromatic carbocycles. The third-order valence-corrected chi connectivity index (χ3v) is 3.22. The van der Waals surface area contributed by atoms with E-state index in [9.17, 15) is 0 Å². The average Bonchev–Trinajstić information content (AvgIpc) is 2.52. The molecule has 0 aliphatic rings. The molecule has 0 amide bonds. The van der Waals surface area contributed by atoms with Crippen LogP contribution in [0.1, 0.15) is 24.5 Å². The lowest BCUT2D eigenvalue weighted by Gasteiger charge is -2.07. The number of aryl methyl sites for hydroxylation is 1. The number of rotatable bonds is 8. The second kappa shape index (κ2) is 8.39. The predicted octanol–water partition coefficient (Wildman–Crippen LogP) is 3.81. The maximum absolute atomic E-state index is 5.77. The minimum absolute atomic E-state index is 0.765. The number of hydrogen-bond donors (Lipinski definition) is 1. The van der Waals surface area contributed by atoms with Crippen LogP contribution in [0.25, 0.3) is 0 Å². The van der Waals surface area contributed by atoms with Gasteiger partial charge in [0.1, 0.15) is 5.75 Å². The molecule has 0 aliphatic carbocycles. The maximum Gasteiger partial charge on any atom is 0.119 e. The average molecular weight is 269 g/mol. The van der Waals surface area contributed by atoms with Crippen LogP contribution in [-0.2, 0) is 13.0 Å². The fourth-order valence-corrected chi connectivity index (χ4v) is 2.08. The molecule has 2 nitrogen and oxygen atoms in total. The molecule has 0 unspecified atom stereocenters. The smallest absolute Gasteiger partial charge is 0.119 e. The minimum atomic E-state index is 0.765. The van der Waals surface area contributed by atoms with Gasteiger partial charge in [-0.1, -0.05) is 49.4 Å². The Balaban J connectivity index is 1.69. The van der Waals surface area contributed by atoms with E-state index in [2.05, 4.69) is 66.8 Å². The topological polar surface area (TPSA) is 21.3 Å². The molecule has 0 saturated carbocycles. The van der Waals surface area contributed by atoms with Crippen LogP contribution >= 0.6 is 0 Å². The molecule has 1 N–H and O–H groups in total. The van der Waals surface area contributed by atoms with Crippen LogP contribution in [0.3, 0.4) is 0 Å². The first kappa shape index (κ1) is 14.6. The van der Waals surface area contributed by atoms with Gasteiger partial charge in [-0.25, -0.2) is 0 Å². The standard InChI is InChI=1S/C18H23NO/c1-2-19-15-17-10-12-18(13-11-17)20-14-6-9-16-7-4-3-5-8-16/h3-5,7-8,10-13,19H,2,6,9,14-15H2,1H3. The second-order valence-electron chi connectivity index (χ2n) is 4.86. The van der Waals surface area contributed by atoms with Gasteiger partial charge in [0.15, 0.2) is 0 Å². The molecular formula is C18H23NO. The van der Waals surface area contributed by atoms with Gasteiger partial charge in [0, 0.05) is 6.54 Å². The summed E-state index contributed by atoms with van der Waals surface area (Å²) in [6.07, 6.45) is 2.11. The number of ether oxygens (including phenoxy) is 1. The first-order valence-corrected chi connectivity index (χ1v) is 7.35. The van der Waals surface area contributed by atoms with Crippen LogP contribution < -0.4 is 10.1 Å². The molecule has 0 atom stereocenters. The third-order valence-electron chi connectivity index (χ3n) is 3.22. The summed E-state index contributed by atoms with van der Waals surface area (Å²) in [6.45, 7) is 4.80. The molecule has 0 bridgehead atoms. The summed E-state index contributed by atoms with van der Waals surface area (Å²) < 4.78 is 5.77. The van der Waals surface area contributed by atoms with Crippen LogP contribution in [0.15, 0.2) is 54.6 Å². The van der Waals surface area contributed by atoms with Crippen molar-refractivity contribution < 1.29 is 4.74 Å². The lowest BCUT2D eigenvalue weighted by atomic mass is 10.1. The Labute approximate surface area is 121 Å². The van der Waals surface area contributed by atoms with Crippen molar-refractivity contribution in [1.82, 2.24) is 5.32 Å². The molecule has 0 aliphatic heterocycles. The number of hydrogen-bond acceptors (Lipinski definition) is 2. The van der Waals surface area contributed by atoms with Crippen molar-refractivity contribution in [3.05, 3.63) is 65.7 Å². The van der Waals surface area contributed by atoms with E-state index in [-0.39, 0.29) is 0 Å². The van der Waals surface area contributed by atoms with E-state index < -0.39 is 0 Å². The largest absolute Gasteiger partial charge is 0.494 e. The van der Waals surface area contributed by atoms with E-state index in [1.165, 1.54) is 11.1 Å². The SMILES string of the molecule is CCNCc1ccc(OCCCc2ccccc2)cc1. The summed E-state index contributed by atoms with van der Waals surface area (Å²) in [5, 5.41) is 3.31. The molecule has 0 aromatic heterocycles. The number of nitrogens with one attached hydrogen (secondary N) is 1.